The van der Waals surface area contributed by atoms with Crippen LogP contribution in [0.1, 0.15) is 12.5 Å². The first-order chi connectivity index (χ1) is 5.29. The lowest BCUT2D eigenvalue weighted by Crippen LogP contribution is -2.02. The molecule has 0 aliphatic carbocycles. The summed E-state index contributed by atoms with van der Waals surface area (Å²) >= 11 is 0. The molecule has 59 valence electrons. The maximum Gasteiger partial charge on any atom is 0.0720 e. The molecule has 0 saturated carbocycles. The molecule has 0 aliphatic heterocycles. The molecule has 1 heteroatoms. The van der Waals surface area contributed by atoms with Gasteiger partial charge in [0.1, 0.15) is 0 Å². The first-order valence-electron chi connectivity index (χ1n) is 3.77. The van der Waals surface area contributed by atoms with Gasteiger partial charge in [0.15, 0.2) is 0 Å². The van der Waals surface area contributed by atoms with Crippen molar-refractivity contribution in [3.05, 3.63) is 42.8 Å². The lowest BCUT2D eigenvalue weighted by atomic mass is 10.2. The second-order valence-electron chi connectivity index (χ2n) is 2.61. The van der Waals surface area contributed by atoms with Gasteiger partial charge in [0.2, 0.25) is 0 Å². The Kier molecular flexibility index (Phi) is 3.12. The second-order valence-corrected chi connectivity index (χ2v) is 2.61. The Balaban J connectivity index is 2.39. The molecular formula is C10H13O. The molecule has 0 spiro atoms. The minimum absolute atomic E-state index is 0.0650. The molecule has 1 rings (SSSR count). The van der Waals surface area contributed by atoms with E-state index in [0.29, 0.717) is 6.61 Å². The average molecular weight is 149 g/mol. The number of hydrogen-bond donors (Lipinski definition) is 0. The Labute approximate surface area is 68.0 Å². The van der Waals surface area contributed by atoms with Crippen LogP contribution in [0.25, 0.3) is 0 Å². The second kappa shape index (κ2) is 4.14. The quantitative estimate of drug-likeness (QED) is 0.641. The summed E-state index contributed by atoms with van der Waals surface area (Å²) in [5.41, 5.74) is 1.20. The SMILES string of the molecule is [CH2]C(C)OCc1ccccc1. The summed E-state index contributed by atoms with van der Waals surface area (Å²) in [6.45, 7) is 6.32. The first kappa shape index (κ1) is 8.28. The fourth-order valence-electron chi connectivity index (χ4n) is 0.813. The minimum atomic E-state index is 0.0650. The van der Waals surface area contributed by atoms with E-state index >= 15 is 0 Å². The van der Waals surface area contributed by atoms with Crippen LogP contribution in [0.3, 0.4) is 0 Å². The number of benzene rings is 1. The van der Waals surface area contributed by atoms with Crippen LogP contribution in [0.2, 0.25) is 0 Å². The Hall–Kier alpha value is -0.820. The largest absolute Gasteiger partial charge is 0.374 e. The van der Waals surface area contributed by atoms with Gasteiger partial charge in [-0.1, -0.05) is 30.3 Å². The van der Waals surface area contributed by atoms with Gasteiger partial charge in [-0.3, -0.25) is 0 Å². The molecule has 1 unspecified atom stereocenters. The summed E-state index contributed by atoms with van der Waals surface area (Å²) < 4.78 is 5.32. The molecule has 1 radical (unpaired) electrons. The maximum absolute atomic E-state index is 5.32. The van der Waals surface area contributed by atoms with Crippen LogP contribution in [0.5, 0.6) is 0 Å². The zero-order valence-electron chi connectivity index (χ0n) is 6.79. The van der Waals surface area contributed by atoms with E-state index in [9.17, 15) is 0 Å². The van der Waals surface area contributed by atoms with Gasteiger partial charge in [0.05, 0.1) is 12.7 Å². The first-order valence-corrected chi connectivity index (χ1v) is 3.77. The molecule has 0 saturated heterocycles. The summed E-state index contributed by atoms with van der Waals surface area (Å²) in [5.74, 6) is 0. The van der Waals surface area contributed by atoms with Crippen molar-refractivity contribution in [2.24, 2.45) is 0 Å². The van der Waals surface area contributed by atoms with E-state index in [2.05, 4.69) is 6.92 Å². The predicted molar refractivity (Wildman–Crippen MR) is 46.1 cm³/mol. The third-order valence-corrected chi connectivity index (χ3v) is 1.38. The van der Waals surface area contributed by atoms with Gasteiger partial charge >= 0.3 is 0 Å². The molecule has 0 heterocycles. The fourth-order valence-corrected chi connectivity index (χ4v) is 0.813. The topological polar surface area (TPSA) is 9.23 Å². The van der Waals surface area contributed by atoms with E-state index in [1.807, 2.05) is 37.3 Å². The third-order valence-electron chi connectivity index (χ3n) is 1.38. The highest BCUT2D eigenvalue weighted by molar-refractivity contribution is 5.13. The summed E-state index contributed by atoms with van der Waals surface area (Å²) in [7, 11) is 0. The van der Waals surface area contributed by atoms with Gasteiger partial charge in [-0.05, 0) is 19.4 Å². The van der Waals surface area contributed by atoms with Gasteiger partial charge in [-0.15, -0.1) is 0 Å². The van der Waals surface area contributed by atoms with Crippen molar-refractivity contribution >= 4 is 0 Å². The summed E-state index contributed by atoms with van der Waals surface area (Å²) in [4.78, 5) is 0. The van der Waals surface area contributed by atoms with E-state index in [1.54, 1.807) is 0 Å². The van der Waals surface area contributed by atoms with Crippen molar-refractivity contribution in [2.75, 3.05) is 0 Å². The Morgan fingerprint density at radius 3 is 2.55 bits per heavy atom. The highest BCUT2D eigenvalue weighted by Crippen LogP contribution is 2.01. The van der Waals surface area contributed by atoms with Crippen molar-refractivity contribution in [1.82, 2.24) is 0 Å². The molecule has 0 bridgehead atoms. The van der Waals surface area contributed by atoms with Crippen LogP contribution in [-0.4, -0.2) is 6.10 Å². The zero-order valence-corrected chi connectivity index (χ0v) is 6.79. The molecule has 0 aliphatic rings. The van der Waals surface area contributed by atoms with Crippen LogP contribution in [-0.2, 0) is 11.3 Å². The van der Waals surface area contributed by atoms with Crippen LogP contribution in [0, 0.1) is 6.92 Å². The lowest BCUT2D eigenvalue weighted by molar-refractivity contribution is 0.0823. The Morgan fingerprint density at radius 2 is 2.00 bits per heavy atom. The molecule has 1 aromatic carbocycles. The van der Waals surface area contributed by atoms with Gasteiger partial charge < -0.3 is 4.74 Å². The maximum atomic E-state index is 5.32. The van der Waals surface area contributed by atoms with Crippen LogP contribution < -0.4 is 0 Å². The van der Waals surface area contributed by atoms with Crippen molar-refractivity contribution < 1.29 is 4.74 Å². The van der Waals surface area contributed by atoms with E-state index in [4.69, 9.17) is 4.74 Å². The lowest BCUT2D eigenvalue weighted by Gasteiger charge is -2.06. The normalized spacial score (nSPS) is 10.5. The van der Waals surface area contributed by atoms with Gasteiger partial charge in [0.25, 0.3) is 0 Å². The standard InChI is InChI=1S/C10H13O/c1-9(2)11-8-10-6-4-3-5-7-10/h3-7,9H,1,8H2,2H3. The van der Waals surface area contributed by atoms with Gasteiger partial charge in [-0.2, -0.15) is 0 Å². The smallest absolute Gasteiger partial charge is 0.0720 e. The number of ether oxygens (including phenoxy) is 1. The molecule has 0 aromatic heterocycles. The van der Waals surface area contributed by atoms with Gasteiger partial charge in [-0.25, -0.2) is 0 Å². The zero-order chi connectivity index (χ0) is 8.10. The van der Waals surface area contributed by atoms with E-state index in [1.165, 1.54) is 5.56 Å². The van der Waals surface area contributed by atoms with Crippen molar-refractivity contribution in [1.29, 1.82) is 0 Å². The van der Waals surface area contributed by atoms with Crippen LogP contribution in [0.15, 0.2) is 30.3 Å². The Bertz CT molecular complexity index is 191. The van der Waals surface area contributed by atoms with Crippen LogP contribution >= 0.6 is 0 Å². The monoisotopic (exact) mass is 149 g/mol. The van der Waals surface area contributed by atoms with Gasteiger partial charge in [0, 0.05) is 0 Å². The molecule has 1 aromatic rings. The van der Waals surface area contributed by atoms with E-state index in [0.717, 1.165) is 0 Å². The van der Waals surface area contributed by atoms with Crippen molar-refractivity contribution in [3.63, 3.8) is 0 Å². The van der Waals surface area contributed by atoms with E-state index in [-0.39, 0.29) is 6.10 Å². The predicted octanol–water partition coefficient (Wildman–Crippen LogP) is 2.43. The highest BCUT2D eigenvalue weighted by atomic mass is 16.5. The molecule has 0 amide bonds. The fraction of sp³-hybridized carbons (Fsp3) is 0.300. The number of rotatable bonds is 3. The van der Waals surface area contributed by atoms with E-state index < -0.39 is 0 Å². The molecule has 11 heavy (non-hydrogen) atoms. The highest BCUT2D eigenvalue weighted by Gasteiger charge is 1.93. The number of hydrogen-bond acceptors (Lipinski definition) is 1. The molecular weight excluding hydrogens is 136 g/mol. The molecule has 0 fully saturated rings. The average Bonchev–Trinajstić information content (AvgIpc) is 2.03. The summed E-state index contributed by atoms with van der Waals surface area (Å²) in [6, 6.07) is 10.1. The molecule has 1 nitrogen and oxygen atoms in total. The molecule has 0 N–H and O–H groups in total. The van der Waals surface area contributed by atoms with Crippen LogP contribution in [0.4, 0.5) is 0 Å². The third kappa shape index (κ3) is 3.19. The molecule has 1 atom stereocenters. The Morgan fingerprint density at radius 1 is 1.36 bits per heavy atom. The van der Waals surface area contributed by atoms with Crippen molar-refractivity contribution in [2.45, 2.75) is 19.6 Å². The minimum Gasteiger partial charge on any atom is -0.374 e. The van der Waals surface area contributed by atoms with Crippen molar-refractivity contribution in [3.8, 4) is 0 Å². The summed E-state index contributed by atoms with van der Waals surface area (Å²) in [5, 5.41) is 0. The summed E-state index contributed by atoms with van der Waals surface area (Å²) in [6.07, 6.45) is 0.0650.